The topological polar surface area (TPSA) is 137 Å². The van der Waals surface area contributed by atoms with Gasteiger partial charge in [0, 0.05) is 37.0 Å². The monoisotopic (exact) mass is 599 g/mol. The van der Waals surface area contributed by atoms with Crippen molar-refractivity contribution < 1.29 is 22.7 Å². The normalized spacial score (nSPS) is 18.4. The number of hydrogen-bond acceptors (Lipinski definition) is 10. The lowest BCUT2D eigenvalue weighted by molar-refractivity contribution is -0.145. The second kappa shape index (κ2) is 11.8. The largest absolute Gasteiger partial charge is 0.473 e. The minimum Gasteiger partial charge on any atom is -0.473 e. The van der Waals surface area contributed by atoms with E-state index in [0.29, 0.717) is 28.9 Å². The minimum absolute atomic E-state index is 0.0607. The Hall–Kier alpha value is -3.41. The number of halogens is 1. The summed E-state index contributed by atoms with van der Waals surface area (Å²) >= 11 is 6.29. The van der Waals surface area contributed by atoms with E-state index in [2.05, 4.69) is 20.2 Å². The summed E-state index contributed by atoms with van der Waals surface area (Å²) in [6.07, 6.45) is 3.78. The number of benzene rings is 2. The summed E-state index contributed by atoms with van der Waals surface area (Å²) in [5, 5.41) is 3.86. The van der Waals surface area contributed by atoms with Crippen LogP contribution in [-0.4, -0.2) is 62.9 Å². The number of carbonyl (C=O) groups is 1. The molecule has 3 aromatic rings. The number of piperidine rings is 1. The third-order valence-corrected chi connectivity index (χ3v) is 9.15. The van der Waals surface area contributed by atoms with Crippen LogP contribution in [0.1, 0.15) is 31.7 Å². The van der Waals surface area contributed by atoms with Crippen molar-refractivity contribution in [3.8, 4) is 17.0 Å². The van der Waals surface area contributed by atoms with Crippen LogP contribution in [0.5, 0.6) is 5.88 Å². The zero-order valence-electron chi connectivity index (χ0n) is 23.1. The van der Waals surface area contributed by atoms with Crippen molar-refractivity contribution in [1.82, 2.24) is 15.3 Å². The van der Waals surface area contributed by atoms with Crippen molar-refractivity contribution in [3.05, 3.63) is 59.1 Å². The van der Waals surface area contributed by atoms with E-state index < -0.39 is 9.84 Å². The van der Waals surface area contributed by atoms with Gasteiger partial charge in [0.1, 0.15) is 18.5 Å². The van der Waals surface area contributed by atoms with Crippen LogP contribution in [0.3, 0.4) is 0 Å². The Morgan fingerprint density at radius 1 is 1.17 bits per heavy atom. The van der Waals surface area contributed by atoms with Gasteiger partial charge < -0.3 is 25.4 Å². The van der Waals surface area contributed by atoms with E-state index >= 15 is 0 Å². The molecule has 0 radical (unpaired) electrons. The number of esters is 1. The molecule has 12 heteroatoms. The van der Waals surface area contributed by atoms with Gasteiger partial charge in [-0.2, -0.15) is 9.97 Å². The van der Waals surface area contributed by atoms with Crippen LogP contribution in [0.4, 0.5) is 11.8 Å². The van der Waals surface area contributed by atoms with Crippen molar-refractivity contribution >= 4 is 39.2 Å². The van der Waals surface area contributed by atoms with E-state index in [1.54, 1.807) is 36.4 Å². The molecule has 0 saturated carbocycles. The maximum Gasteiger partial charge on any atom is 0.323 e. The highest BCUT2D eigenvalue weighted by molar-refractivity contribution is 7.90. The molecule has 1 aromatic heterocycles. The fraction of sp³-hybridized carbons (Fsp3) is 0.414. The smallest absolute Gasteiger partial charge is 0.323 e. The van der Waals surface area contributed by atoms with Crippen LogP contribution in [0.2, 0.25) is 5.02 Å². The number of hydrogen-bond donors (Lipinski definition) is 2. The molecule has 5 rings (SSSR count). The van der Waals surface area contributed by atoms with Gasteiger partial charge in [-0.1, -0.05) is 29.8 Å². The summed E-state index contributed by atoms with van der Waals surface area (Å²) in [6, 6.07) is 13.7. The Labute approximate surface area is 245 Å². The molecule has 0 bridgehead atoms. The standard InChI is InChI=1S/C29H34ClN5O5S/c1-3-39-27(36)24-16-29(18-32-24)9-11-35(12-10-29)25-15-26(34-28(31)33-25)40-17-20-7-8-21(30)14-23(20)19-5-4-6-22(13-19)41(2,37)38/h4-8,13-15,24,32H,3,9-12,16-18H2,1-2H3,(H2,31,33,34)/t24-/m0/s1. The first kappa shape index (κ1) is 29.1. The van der Waals surface area contributed by atoms with E-state index in [9.17, 15) is 13.2 Å². The molecule has 2 aliphatic rings. The van der Waals surface area contributed by atoms with E-state index in [-0.39, 0.29) is 34.9 Å². The van der Waals surface area contributed by atoms with E-state index in [1.807, 2.05) is 19.1 Å². The lowest BCUT2D eigenvalue weighted by atomic mass is 9.76. The number of sulfone groups is 1. The van der Waals surface area contributed by atoms with Crippen molar-refractivity contribution in [2.75, 3.05) is 43.1 Å². The van der Waals surface area contributed by atoms with Gasteiger partial charge in [0.05, 0.1) is 11.5 Å². The third kappa shape index (κ3) is 6.74. The first-order valence-electron chi connectivity index (χ1n) is 13.6. The molecule has 0 amide bonds. The Morgan fingerprint density at radius 3 is 2.68 bits per heavy atom. The zero-order valence-corrected chi connectivity index (χ0v) is 24.7. The molecular formula is C29H34ClN5O5S. The van der Waals surface area contributed by atoms with Crippen molar-refractivity contribution in [1.29, 1.82) is 0 Å². The Bertz CT molecular complexity index is 1540. The third-order valence-electron chi connectivity index (χ3n) is 7.81. The van der Waals surface area contributed by atoms with Crippen LogP contribution >= 0.6 is 11.6 Å². The molecule has 2 aliphatic heterocycles. The molecule has 2 saturated heterocycles. The molecule has 0 aliphatic carbocycles. The molecule has 3 heterocycles. The van der Waals surface area contributed by atoms with Crippen LogP contribution in [0.25, 0.3) is 11.1 Å². The molecule has 218 valence electrons. The number of anilines is 2. The molecule has 1 atom stereocenters. The molecule has 3 N–H and O–H groups in total. The van der Waals surface area contributed by atoms with Gasteiger partial charge in [-0.25, -0.2) is 8.42 Å². The van der Waals surface area contributed by atoms with E-state index in [4.69, 9.17) is 26.8 Å². The van der Waals surface area contributed by atoms with Crippen LogP contribution in [0, 0.1) is 5.41 Å². The number of nitrogen functional groups attached to an aromatic ring is 1. The fourth-order valence-corrected chi connectivity index (χ4v) is 6.41. The SMILES string of the molecule is CCOC(=O)[C@@H]1CC2(CCN(c3cc(OCc4ccc(Cl)cc4-c4cccc(S(C)(=O)=O)c4)nc(N)n3)CC2)CN1. The maximum absolute atomic E-state index is 12.2. The second-order valence-electron chi connectivity index (χ2n) is 10.7. The summed E-state index contributed by atoms with van der Waals surface area (Å²) in [5.41, 5.74) is 8.41. The summed E-state index contributed by atoms with van der Waals surface area (Å²) in [7, 11) is -3.37. The zero-order chi connectivity index (χ0) is 29.2. The molecule has 2 aromatic carbocycles. The highest BCUT2D eigenvalue weighted by Gasteiger charge is 2.44. The second-order valence-corrected chi connectivity index (χ2v) is 13.1. The van der Waals surface area contributed by atoms with Crippen molar-refractivity contribution in [2.24, 2.45) is 5.41 Å². The van der Waals surface area contributed by atoms with Gasteiger partial charge in [-0.05, 0) is 72.6 Å². The summed E-state index contributed by atoms with van der Waals surface area (Å²) in [6.45, 7) is 4.70. The van der Waals surface area contributed by atoms with E-state index in [1.165, 1.54) is 6.26 Å². The van der Waals surface area contributed by atoms with Crippen LogP contribution < -0.4 is 20.7 Å². The first-order valence-corrected chi connectivity index (χ1v) is 15.8. The Balaban J connectivity index is 1.28. The predicted octanol–water partition coefficient (Wildman–Crippen LogP) is 3.87. The molecule has 0 unspecified atom stereocenters. The summed E-state index contributed by atoms with van der Waals surface area (Å²) in [4.78, 5) is 23.3. The number of ether oxygens (including phenoxy) is 2. The lowest BCUT2D eigenvalue weighted by Crippen LogP contribution is -2.41. The number of rotatable bonds is 8. The van der Waals surface area contributed by atoms with Gasteiger partial charge in [0.25, 0.3) is 0 Å². The highest BCUT2D eigenvalue weighted by atomic mass is 35.5. The predicted molar refractivity (Wildman–Crippen MR) is 158 cm³/mol. The Kier molecular flexibility index (Phi) is 8.40. The van der Waals surface area contributed by atoms with Gasteiger partial charge >= 0.3 is 5.97 Å². The molecule has 2 fully saturated rings. The lowest BCUT2D eigenvalue weighted by Gasteiger charge is -2.39. The number of nitrogens with two attached hydrogens (primary N) is 1. The number of aromatic nitrogens is 2. The average molecular weight is 600 g/mol. The number of nitrogens with zero attached hydrogens (tertiary/aromatic N) is 3. The van der Waals surface area contributed by atoms with Crippen molar-refractivity contribution in [3.63, 3.8) is 0 Å². The molecule has 10 nitrogen and oxygen atoms in total. The van der Waals surface area contributed by atoms with Gasteiger partial charge in [0.15, 0.2) is 9.84 Å². The number of nitrogens with one attached hydrogen (secondary N) is 1. The molecular weight excluding hydrogens is 566 g/mol. The van der Waals surface area contributed by atoms with Crippen LogP contribution in [0.15, 0.2) is 53.4 Å². The first-order chi connectivity index (χ1) is 19.5. The molecule has 41 heavy (non-hydrogen) atoms. The van der Waals surface area contributed by atoms with Gasteiger partial charge in [0.2, 0.25) is 11.8 Å². The minimum atomic E-state index is -3.37. The Morgan fingerprint density at radius 2 is 1.95 bits per heavy atom. The average Bonchev–Trinajstić information content (AvgIpc) is 3.35. The maximum atomic E-state index is 12.2. The van der Waals surface area contributed by atoms with Gasteiger partial charge in [-0.15, -0.1) is 0 Å². The number of carbonyl (C=O) groups excluding carboxylic acids is 1. The summed E-state index contributed by atoms with van der Waals surface area (Å²) < 4.78 is 35.5. The van der Waals surface area contributed by atoms with E-state index in [0.717, 1.165) is 50.0 Å². The molecule has 1 spiro atoms. The fourth-order valence-electron chi connectivity index (χ4n) is 5.57. The quantitative estimate of drug-likeness (QED) is 0.367. The summed E-state index contributed by atoms with van der Waals surface area (Å²) in [5.74, 6) is 0.958. The van der Waals surface area contributed by atoms with Crippen molar-refractivity contribution in [2.45, 2.75) is 43.7 Å². The van der Waals surface area contributed by atoms with Crippen LogP contribution in [-0.2, 0) is 26.0 Å². The highest BCUT2D eigenvalue weighted by Crippen LogP contribution is 2.40. The van der Waals surface area contributed by atoms with Gasteiger partial charge in [-0.3, -0.25) is 4.79 Å².